The molecule has 7 heteroatoms. The van der Waals surface area contributed by atoms with Crippen molar-refractivity contribution in [2.24, 2.45) is 0 Å². The van der Waals surface area contributed by atoms with Crippen molar-refractivity contribution < 1.29 is 0 Å². The Labute approximate surface area is 169 Å². The Kier molecular flexibility index (Phi) is 6.10. The third-order valence-electron chi connectivity index (χ3n) is 3.90. The Morgan fingerprint density at radius 3 is 2.52 bits per heavy atom. The van der Waals surface area contributed by atoms with Crippen LogP contribution in [0.4, 0.5) is 0 Å². The fraction of sp³-hybridized carbons (Fsp3) is 0.222. The van der Waals surface area contributed by atoms with E-state index in [0.29, 0.717) is 10.0 Å². The number of halogens is 3. The standard InChI is InChI=1S/C18H16BrCl2N3S/c1-3-16(11-4-12(19)9-22-8-11)17-10(2)23-24-18(17)25-15-6-13(20)5-14(21)7-15/h4-9,16H,3H2,1-2H3,(H,23,24). The zero-order valence-electron chi connectivity index (χ0n) is 13.7. The Morgan fingerprint density at radius 1 is 1.16 bits per heavy atom. The Balaban J connectivity index is 2.00. The third kappa shape index (κ3) is 4.40. The van der Waals surface area contributed by atoms with E-state index < -0.39 is 0 Å². The molecule has 0 saturated carbocycles. The first-order valence-corrected chi connectivity index (χ1v) is 10.1. The average Bonchev–Trinajstić information content (AvgIpc) is 2.89. The van der Waals surface area contributed by atoms with Crippen LogP contribution in [0.25, 0.3) is 0 Å². The van der Waals surface area contributed by atoms with Gasteiger partial charge < -0.3 is 0 Å². The molecule has 3 rings (SSSR count). The summed E-state index contributed by atoms with van der Waals surface area (Å²) in [4.78, 5) is 5.28. The molecule has 25 heavy (non-hydrogen) atoms. The maximum Gasteiger partial charge on any atom is 0.127 e. The van der Waals surface area contributed by atoms with Gasteiger partial charge in [-0.25, -0.2) is 0 Å². The molecule has 1 aromatic carbocycles. The Hall–Kier alpha value is -1.01. The number of rotatable bonds is 5. The minimum Gasteiger partial charge on any atom is -0.281 e. The van der Waals surface area contributed by atoms with Crippen molar-refractivity contribution >= 4 is 50.9 Å². The molecule has 130 valence electrons. The Morgan fingerprint density at radius 2 is 1.88 bits per heavy atom. The van der Waals surface area contributed by atoms with Crippen molar-refractivity contribution in [3.63, 3.8) is 0 Å². The van der Waals surface area contributed by atoms with Gasteiger partial charge in [0.2, 0.25) is 0 Å². The summed E-state index contributed by atoms with van der Waals surface area (Å²) in [7, 11) is 0. The van der Waals surface area contributed by atoms with Crippen molar-refractivity contribution in [3.8, 4) is 0 Å². The van der Waals surface area contributed by atoms with Crippen molar-refractivity contribution in [1.29, 1.82) is 0 Å². The maximum atomic E-state index is 6.13. The number of aromatic amines is 1. The number of hydrogen-bond acceptors (Lipinski definition) is 3. The summed E-state index contributed by atoms with van der Waals surface area (Å²) in [5.74, 6) is 0.209. The molecule has 0 fully saturated rings. The second kappa shape index (κ2) is 8.12. The highest BCUT2D eigenvalue weighted by Crippen LogP contribution is 2.40. The van der Waals surface area contributed by atoms with Gasteiger partial charge in [0, 0.05) is 49.0 Å². The summed E-state index contributed by atoms with van der Waals surface area (Å²) in [6, 6.07) is 7.63. The molecule has 1 unspecified atom stereocenters. The molecule has 0 radical (unpaired) electrons. The van der Waals surface area contributed by atoms with Gasteiger partial charge in [-0.2, -0.15) is 5.10 Å². The van der Waals surface area contributed by atoms with E-state index in [0.717, 1.165) is 32.1 Å². The second-order valence-corrected chi connectivity index (χ2v) is 8.52. The van der Waals surface area contributed by atoms with E-state index in [1.165, 1.54) is 5.56 Å². The average molecular weight is 457 g/mol. The van der Waals surface area contributed by atoms with Gasteiger partial charge in [0.1, 0.15) is 5.03 Å². The van der Waals surface area contributed by atoms with Crippen LogP contribution in [0.3, 0.4) is 0 Å². The van der Waals surface area contributed by atoms with Gasteiger partial charge in [-0.05, 0) is 59.1 Å². The fourth-order valence-corrected chi connectivity index (χ4v) is 4.96. The highest BCUT2D eigenvalue weighted by Gasteiger charge is 2.22. The minimum absolute atomic E-state index is 0.209. The smallest absolute Gasteiger partial charge is 0.127 e. The Bertz CT molecular complexity index is 878. The molecule has 1 N–H and O–H groups in total. The SMILES string of the molecule is CCC(c1cncc(Br)c1)c1c(Sc2cc(Cl)cc(Cl)c2)n[nH]c1C. The summed E-state index contributed by atoms with van der Waals surface area (Å²) in [6.07, 6.45) is 4.65. The first kappa shape index (κ1) is 18.8. The van der Waals surface area contributed by atoms with E-state index >= 15 is 0 Å². The highest BCUT2D eigenvalue weighted by atomic mass is 79.9. The van der Waals surface area contributed by atoms with E-state index in [1.54, 1.807) is 24.0 Å². The molecular weight excluding hydrogens is 441 g/mol. The van der Waals surface area contributed by atoms with Crippen LogP contribution in [-0.2, 0) is 0 Å². The van der Waals surface area contributed by atoms with Crippen LogP contribution in [0.2, 0.25) is 10.0 Å². The predicted molar refractivity (Wildman–Crippen MR) is 108 cm³/mol. The molecule has 2 aromatic heterocycles. The summed E-state index contributed by atoms with van der Waals surface area (Å²) in [5, 5.41) is 9.79. The number of benzene rings is 1. The molecule has 0 spiro atoms. The number of pyridine rings is 1. The van der Waals surface area contributed by atoms with Crippen LogP contribution >= 0.6 is 50.9 Å². The van der Waals surface area contributed by atoms with E-state index in [2.05, 4.69) is 44.1 Å². The molecule has 0 aliphatic rings. The zero-order valence-corrected chi connectivity index (χ0v) is 17.6. The summed E-state index contributed by atoms with van der Waals surface area (Å²) in [6.45, 7) is 4.22. The topological polar surface area (TPSA) is 41.6 Å². The fourth-order valence-electron chi connectivity index (χ4n) is 2.83. The van der Waals surface area contributed by atoms with Gasteiger partial charge in [-0.3, -0.25) is 10.1 Å². The van der Waals surface area contributed by atoms with Crippen molar-refractivity contribution in [2.45, 2.75) is 36.1 Å². The normalized spacial score (nSPS) is 12.4. The highest BCUT2D eigenvalue weighted by molar-refractivity contribution is 9.10. The largest absolute Gasteiger partial charge is 0.281 e. The van der Waals surface area contributed by atoms with Gasteiger partial charge in [-0.15, -0.1) is 0 Å². The molecule has 2 heterocycles. The lowest BCUT2D eigenvalue weighted by Crippen LogP contribution is -2.02. The predicted octanol–water partition coefficient (Wildman–Crippen LogP) is 6.88. The molecule has 0 amide bonds. The van der Waals surface area contributed by atoms with Crippen LogP contribution in [0.5, 0.6) is 0 Å². The van der Waals surface area contributed by atoms with E-state index in [9.17, 15) is 0 Å². The van der Waals surface area contributed by atoms with Crippen molar-refractivity contribution in [1.82, 2.24) is 15.2 Å². The van der Waals surface area contributed by atoms with Gasteiger partial charge in [0.25, 0.3) is 0 Å². The van der Waals surface area contributed by atoms with Crippen molar-refractivity contribution in [3.05, 3.63) is 68.0 Å². The number of aromatic nitrogens is 3. The van der Waals surface area contributed by atoms with Crippen LogP contribution < -0.4 is 0 Å². The van der Waals surface area contributed by atoms with Gasteiger partial charge >= 0.3 is 0 Å². The molecule has 0 aliphatic heterocycles. The molecule has 1 atom stereocenters. The summed E-state index contributed by atoms with van der Waals surface area (Å²) < 4.78 is 0.973. The van der Waals surface area contributed by atoms with Gasteiger partial charge in [0.05, 0.1) is 0 Å². The third-order valence-corrected chi connectivity index (χ3v) is 5.74. The molecular formula is C18H16BrCl2N3S. The lowest BCUT2D eigenvalue weighted by molar-refractivity contribution is 0.750. The second-order valence-electron chi connectivity index (χ2n) is 5.67. The van der Waals surface area contributed by atoms with Crippen LogP contribution in [0.1, 0.15) is 36.1 Å². The lowest BCUT2D eigenvalue weighted by Gasteiger charge is -2.17. The zero-order chi connectivity index (χ0) is 18.0. The van der Waals surface area contributed by atoms with Crippen LogP contribution in [0.15, 0.2) is 51.1 Å². The number of nitrogens with zero attached hydrogens (tertiary/aromatic N) is 2. The summed E-state index contributed by atoms with van der Waals surface area (Å²) >= 11 is 17.3. The molecule has 0 bridgehead atoms. The summed E-state index contributed by atoms with van der Waals surface area (Å²) in [5.41, 5.74) is 3.40. The van der Waals surface area contributed by atoms with Gasteiger partial charge in [0.15, 0.2) is 0 Å². The molecule has 0 aliphatic carbocycles. The molecule has 0 saturated heterocycles. The van der Waals surface area contributed by atoms with E-state index in [1.807, 2.05) is 25.3 Å². The van der Waals surface area contributed by atoms with Crippen molar-refractivity contribution in [2.75, 3.05) is 0 Å². The minimum atomic E-state index is 0.209. The number of hydrogen-bond donors (Lipinski definition) is 1. The van der Waals surface area contributed by atoms with E-state index in [-0.39, 0.29) is 5.92 Å². The van der Waals surface area contributed by atoms with E-state index in [4.69, 9.17) is 23.2 Å². The lowest BCUT2D eigenvalue weighted by atomic mass is 9.91. The van der Waals surface area contributed by atoms with Crippen LogP contribution in [-0.4, -0.2) is 15.2 Å². The first-order valence-electron chi connectivity index (χ1n) is 7.77. The number of aryl methyl sites for hydroxylation is 1. The molecule has 3 aromatic rings. The maximum absolute atomic E-state index is 6.13. The monoisotopic (exact) mass is 455 g/mol. The number of nitrogens with one attached hydrogen (secondary N) is 1. The van der Waals surface area contributed by atoms with Crippen LogP contribution in [0, 0.1) is 6.92 Å². The number of H-pyrrole nitrogens is 1. The quantitative estimate of drug-likeness (QED) is 0.455. The van der Waals surface area contributed by atoms with Gasteiger partial charge in [-0.1, -0.05) is 41.9 Å². The first-order chi connectivity index (χ1) is 12.0. The molecule has 3 nitrogen and oxygen atoms in total.